The van der Waals surface area contributed by atoms with Crippen LogP contribution in [0.5, 0.6) is 0 Å². The van der Waals surface area contributed by atoms with Gasteiger partial charge in [0.15, 0.2) is 0 Å². The van der Waals surface area contributed by atoms with E-state index in [4.69, 9.17) is 0 Å². The molecule has 0 aromatic heterocycles. The maximum Gasteiger partial charge on any atom is 0.323 e. The second-order valence-electron chi connectivity index (χ2n) is 8.45. The first kappa shape index (κ1) is 21.7. The van der Waals surface area contributed by atoms with Crippen LogP contribution in [0.25, 0.3) is 0 Å². The summed E-state index contributed by atoms with van der Waals surface area (Å²) in [6.45, 7) is 8.89. The Morgan fingerprint density at radius 3 is 2.33 bits per heavy atom. The summed E-state index contributed by atoms with van der Waals surface area (Å²) in [7, 11) is 0. The fourth-order valence-corrected chi connectivity index (χ4v) is 3.53. The molecule has 3 N–H and O–H groups in total. The van der Waals surface area contributed by atoms with Crippen LogP contribution in [0.2, 0.25) is 0 Å². The minimum absolute atomic E-state index is 0.107. The molecule has 30 heavy (non-hydrogen) atoms. The van der Waals surface area contributed by atoms with Gasteiger partial charge in [-0.3, -0.25) is 4.79 Å². The normalized spacial score (nSPS) is 14.5. The summed E-state index contributed by atoms with van der Waals surface area (Å²) >= 11 is 0. The number of rotatable bonds is 6. The molecule has 1 heterocycles. The van der Waals surface area contributed by atoms with E-state index >= 15 is 0 Å². The lowest BCUT2D eigenvalue weighted by Crippen LogP contribution is -2.35. The quantitative estimate of drug-likeness (QED) is 0.633. The fourth-order valence-electron chi connectivity index (χ4n) is 3.53. The van der Waals surface area contributed by atoms with Crippen molar-refractivity contribution in [3.05, 3.63) is 54.1 Å². The van der Waals surface area contributed by atoms with Crippen molar-refractivity contribution in [3.8, 4) is 0 Å². The van der Waals surface area contributed by atoms with Crippen LogP contribution in [0.3, 0.4) is 0 Å². The number of urea groups is 1. The summed E-state index contributed by atoms with van der Waals surface area (Å²) < 4.78 is 0. The van der Waals surface area contributed by atoms with Crippen LogP contribution in [-0.2, 0) is 0 Å². The monoisotopic (exact) mass is 408 g/mol. The zero-order valence-corrected chi connectivity index (χ0v) is 18.1. The molecule has 0 atom stereocenters. The van der Waals surface area contributed by atoms with Crippen molar-refractivity contribution in [1.29, 1.82) is 0 Å². The molecule has 0 radical (unpaired) electrons. The maximum atomic E-state index is 12.9. The van der Waals surface area contributed by atoms with Crippen molar-refractivity contribution in [3.63, 3.8) is 0 Å². The summed E-state index contributed by atoms with van der Waals surface area (Å²) in [5.74, 6) is 0.970. The third-order valence-corrected chi connectivity index (χ3v) is 5.33. The van der Waals surface area contributed by atoms with Crippen LogP contribution >= 0.6 is 0 Å². The average molecular weight is 409 g/mol. The highest BCUT2D eigenvalue weighted by Gasteiger charge is 2.22. The molecule has 0 bridgehead atoms. The van der Waals surface area contributed by atoms with Crippen molar-refractivity contribution < 1.29 is 9.59 Å². The van der Waals surface area contributed by atoms with Gasteiger partial charge in [0.05, 0.1) is 5.56 Å². The molecule has 1 fully saturated rings. The first-order valence-corrected chi connectivity index (χ1v) is 10.7. The van der Waals surface area contributed by atoms with Crippen LogP contribution in [0.1, 0.15) is 44.0 Å². The Hall–Kier alpha value is -3.02. The van der Waals surface area contributed by atoms with Crippen LogP contribution in [0.15, 0.2) is 48.5 Å². The van der Waals surface area contributed by atoms with Crippen molar-refractivity contribution in [2.45, 2.75) is 33.6 Å². The van der Waals surface area contributed by atoms with Gasteiger partial charge in [-0.2, -0.15) is 0 Å². The highest BCUT2D eigenvalue weighted by molar-refractivity contribution is 6.04. The summed E-state index contributed by atoms with van der Waals surface area (Å²) in [6.07, 6.45) is 2.24. The van der Waals surface area contributed by atoms with E-state index in [1.165, 1.54) is 0 Å². The van der Waals surface area contributed by atoms with Crippen LogP contribution in [0.4, 0.5) is 21.9 Å². The number of carbonyl (C=O) groups excluding carboxylic acids is 2. The van der Waals surface area contributed by atoms with E-state index in [-0.39, 0.29) is 11.9 Å². The smallest absolute Gasteiger partial charge is 0.323 e. The first-order chi connectivity index (χ1) is 14.4. The predicted octanol–water partition coefficient (Wildman–Crippen LogP) is 4.95. The second kappa shape index (κ2) is 10.1. The molecular weight excluding hydrogens is 376 g/mol. The summed E-state index contributed by atoms with van der Waals surface area (Å²) in [5.41, 5.74) is 2.83. The largest absolute Gasteiger partial charge is 0.371 e. The van der Waals surface area contributed by atoms with Gasteiger partial charge in [0, 0.05) is 36.7 Å². The molecule has 3 rings (SSSR count). The highest BCUT2D eigenvalue weighted by atomic mass is 16.2. The van der Waals surface area contributed by atoms with E-state index in [0.717, 1.165) is 31.6 Å². The highest BCUT2D eigenvalue weighted by Crippen LogP contribution is 2.29. The SMILES string of the molecule is CC(C)CNC(=O)c1cc(NC(=O)Nc2ccccc2)ccc1N1CCC(C)CC1. The molecule has 0 spiro atoms. The lowest BCUT2D eigenvalue weighted by Gasteiger charge is -2.33. The maximum absolute atomic E-state index is 12.9. The zero-order chi connectivity index (χ0) is 21.5. The zero-order valence-electron chi connectivity index (χ0n) is 18.1. The van der Waals surface area contributed by atoms with Gasteiger partial charge in [-0.1, -0.05) is 39.0 Å². The van der Waals surface area contributed by atoms with Crippen LogP contribution in [0, 0.1) is 11.8 Å². The number of nitrogens with zero attached hydrogens (tertiary/aromatic N) is 1. The molecule has 0 aliphatic carbocycles. The van der Waals surface area contributed by atoms with Crippen molar-refractivity contribution >= 4 is 29.0 Å². The van der Waals surface area contributed by atoms with E-state index in [1.807, 2.05) is 42.5 Å². The van der Waals surface area contributed by atoms with Crippen LogP contribution < -0.4 is 20.9 Å². The predicted molar refractivity (Wildman–Crippen MR) is 123 cm³/mol. The number of benzene rings is 2. The molecule has 160 valence electrons. The summed E-state index contributed by atoms with van der Waals surface area (Å²) in [4.78, 5) is 27.6. The van der Waals surface area contributed by atoms with Gasteiger partial charge in [-0.25, -0.2) is 4.79 Å². The van der Waals surface area contributed by atoms with E-state index < -0.39 is 0 Å². The average Bonchev–Trinajstić information content (AvgIpc) is 2.73. The van der Waals surface area contributed by atoms with Gasteiger partial charge >= 0.3 is 6.03 Å². The Morgan fingerprint density at radius 1 is 1.00 bits per heavy atom. The van der Waals surface area contributed by atoms with Crippen molar-refractivity contribution in [1.82, 2.24) is 5.32 Å². The van der Waals surface area contributed by atoms with Gasteiger partial charge in [-0.05, 0) is 55.0 Å². The lowest BCUT2D eigenvalue weighted by molar-refractivity contribution is 0.0949. The Labute approximate surface area is 179 Å². The van der Waals surface area contributed by atoms with E-state index in [2.05, 4.69) is 41.6 Å². The molecule has 2 aromatic rings. The number of nitrogens with one attached hydrogen (secondary N) is 3. The summed E-state index contributed by atoms with van der Waals surface area (Å²) in [6, 6.07) is 14.5. The molecule has 2 aromatic carbocycles. The minimum Gasteiger partial charge on any atom is -0.371 e. The second-order valence-corrected chi connectivity index (χ2v) is 8.45. The molecule has 1 saturated heterocycles. The molecule has 0 saturated carbocycles. The number of piperidine rings is 1. The minimum atomic E-state index is -0.339. The van der Waals surface area contributed by atoms with Crippen molar-refractivity contribution in [2.24, 2.45) is 11.8 Å². The van der Waals surface area contributed by atoms with E-state index in [9.17, 15) is 9.59 Å². The Morgan fingerprint density at radius 2 is 1.67 bits per heavy atom. The number of hydrogen-bond donors (Lipinski definition) is 3. The van der Waals surface area contributed by atoms with Gasteiger partial charge in [0.1, 0.15) is 0 Å². The van der Waals surface area contributed by atoms with E-state index in [1.54, 1.807) is 6.07 Å². The number of amides is 3. The van der Waals surface area contributed by atoms with Crippen molar-refractivity contribution in [2.75, 3.05) is 35.2 Å². The summed E-state index contributed by atoms with van der Waals surface area (Å²) in [5, 5.41) is 8.65. The van der Waals surface area contributed by atoms with Gasteiger partial charge in [-0.15, -0.1) is 0 Å². The Bertz CT molecular complexity index is 859. The molecule has 1 aliphatic rings. The molecular formula is C24H32N4O2. The Balaban J connectivity index is 1.78. The number of carbonyl (C=O) groups is 2. The van der Waals surface area contributed by atoms with Gasteiger partial charge in [0.25, 0.3) is 5.91 Å². The topological polar surface area (TPSA) is 73.5 Å². The standard InChI is InChI=1S/C24H32N4O2/c1-17(2)16-25-23(29)21-15-20(27-24(30)26-19-7-5-4-6-8-19)9-10-22(21)28-13-11-18(3)12-14-28/h4-10,15,17-18H,11-14,16H2,1-3H3,(H,25,29)(H2,26,27,30). The van der Waals surface area contributed by atoms with E-state index in [0.29, 0.717) is 35.3 Å². The third-order valence-electron chi connectivity index (χ3n) is 5.33. The van der Waals surface area contributed by atoms with Crippen LogP contribution in [-0.4, -0.2) is 31.6 Å². The number of anilines is 3. The molecule has 0 unspecified atom stereocenters. The lowest BCUT2D eigenvalue weighted by atomic mass is 9.97. The molecule has 1 aliphatic heterocycles. The van der Waals surface area contributed by atoms with Gasteiger partial charge in [0.2, 0.25) is 0 Å². The molecule has 3 amide bonds. The van der Waals surface area contributed by atoms with Gasteiger partial charge < -0.3 is 20.9 Å². The Kier molecular flexibility index (Phi) is 7.33. The number of hydrogen-bond acceptors (Lipinski definition) is 3. The molecule has 6 nitrogen and oxygen atoms in total. The fraction of sp³-hybridized carbons (Fsp3) is 0.417. The molecule has 6 heteroatoms. The first-order valence-electron chi connectivity index (χ1n) is 10.7. The number of para-hydroxylation sites is 1. The third kappa shape index (κ3) is 5.99.